The largest absolute Gasteiger partial charge is 0.503 e. The Morgan fingerprint density at radius 3 is 2.75 bits per heavy atom. The van der Waals surface area contributed by atoms with Gasteiger partial charge in [-0.1, -0.05) is 25.1 Å². The van der Waals surface area contributed by atoms with Gasteiger partial charge in [0.15, 0.2) is 11.5 Å². The Kier molecular flexibility index (Phi) is 6.07. The molecule has 0 radical (unpaired) electrons. The van der Waals surface area contributed by atoms with Gasteiger partial charge in [-0.2, -0.15) is 0 Å². The lowest BCUT2D eigenvalue weighted by atomic mass is 9.94. The van der Waals surface area contributed by atoms with Gasteiger partial charge >= 0.3 is 0 Å². The predicted molar refractivity (Wildman–Crippen MR) is 117 cm³/mol. The summed E-state index contributed by atoms with van der Waals surface area (Å²) in [6.45, 7) is 4.46. The minimum atomic E-state index is -0.800. The number of Topliss-reactive ketones (excluding diaryl/α,β-unsaturated/α-hetero) is 1. The maximum atomic E-state index is 13.3. The van der Waals surface area contributed by atoms with Crippen LogP contribution in [-0.4, -0.2) is 33.3 Å². The van der Waals surface area contributed by atoms with E-state index in [2.05, 4.69) is 4.98 Å². The molecule has 1 aliphatic heterocycles. The number of pyridine rings is 1. The Bertz CT molecular complexity index is 1170. The van der Waals surface area contributed by atoms with Crippen LogP contribution < -0.4 is 4.74 Å². The Morgan fingerprint density at radius 2 is 2.06 bits per heavy atom. The van der Waals surface area contributed by atoms with Crippen LogP contribution in [0.1, 0.15) is 46.8 Å². The summed E-state index contributed by atoms with van der Waals surface area (Å²) in [6, 6.07) is 13.3. The summed E-state index contributed by atoms with van der Waals surface area (Å²) < 4.78 is 11.2. The molecule has 0 bridgehead atoms. The molecule has 1 N–H and O–H groups in total. The number of hydrogen-bond donors (Lipinski definition) is 1. The van der Waals surface area contributed by atoms with E-state index in [1.54, 1.807) is 43.6 Å². The number of carbonyl (C=O) groups is 2. The van der Waals surface area contributed by atoms with Gasteiger partial charge in [0.05, 0.1) is 18.2 Å². The molecule has 4 rings (SSSR count). The van der Waals surface area contributed by atoms with Gasteiger partial charge < -0.3 is 19.2 Å². The lowest BCUT2D eigenvalue weighted by Crippen LogP contribution is -2.30. The SMILES string of the molecule is CCCOc1cccc([C@H]2C(C(=O)c3ccc(C)o3)=C(O)C(=O)N2Cc2cccnc2)c1. The fourth-order valence-corrected chi connectivity index (χ4v) is 3.77. The average Bonchev–Trinajstić information content (AvgIpc) is 3.35. The van der Waals surface area contributed by atoms with Crippen molar-refractivity contribution >= 4 is 11.7 Å². The number of aryl methyl sites for hydroxylation is 1. The number of carbonyl (C=O) groups excluding carboxylic acids is 2. The van der Waals surface area contributed by atoms with Crippen molar-refractivity contribution in [3.05, 3.63) is 94.9 Å². The molecule has 32 heavy (non-hydrogen) atoms. The van der Waals surface area contributed by atoms with Gasteiger partial charge in [-0.3, -0.25) is 14.6 Å². The van der Waals surface area contributed by atoms with Crippen molar-refractivity contribution in [2.75, 3.05) is 6.61 Å². The molecule has 0 aliphatic carbocycles. The van der Waals surface area contributed by atoms with E-state index in [9.17, 15) is 14.7 Å². The molecule has 1 atom stereocenters. The van der Waals surface area contributed by atoms with E-state index in [-0.39, 0.29) is 17.9 Å². The fraction of sp³-hybridized carbons (Fsp3) is 0.240. The monoisotopic (exact) mass is 432 g/mol. The molecular weight excluding hydrogens is 408 g/mol. The van der Waals surface area contributed by atoms with Crippen molar-refractivity contribution in [3.8, 4) is 5.75 Å². The van der Waals surface area contributed by atoms with E-state index in [0.717, 1.165) is 12.0 Å². The van der Waals surface area contributed by atoms with Gasteiger partial charge in [0, 0.05) is 18.9 Å². The van der Waals surface area contributed by atoms with Crippen LogP contribution in [0.15, 0.2) is 76.7 Å². The van der Waals surface area contributed by atoms with Crippen LogP contribution in [0.2, 0.25) is 0 Å². The minimum absolute atomic E-state index is 0.0131. The molecule has 0 saturated carbocycles. The second-order valence-electron chi connectivity index (χ2n) is 7.62. The standard InChI is InChI=1S/C25H24N2O5/c1-3-12-31-19-8-4-7-18(13-19)22-21(23(28)20-10-9-16(2)32-20)24(29)25(30)27(22)15-17-6-5-11-26-14-17/h4-11,13-14,22,29H,3,12,15H2,1-2H3/t22-/m0/s1. The van der Waals surface area contributed by atoms with Crippen LogP contribution in [0, 0.1) is 6.92 Å². The van der Waals surface area contributed by atoms with Crippen LogP contribution in [-0.2, 0) is 11.3 Å². The van der Waals surface area contributed by atoms with E-state index in [1.807, 2.05) is 31.2 Å². The van der Waals surface area contributed by atoms with Gasteiger partial charge in [-0.25, -0.2) is 0 Å². The number of ketones is 1. The Hall–Kier alpha value is -3.87. The molecule has 3 heterocycles. The maximum Gasteiger partial charge on any atom is 0.290 e. The zero-order valence-corrected chi connectivity index (χ0v) is 17.9. The lowest BCUT2D eigenvalue weighted by Gasteiger charge is -2.27. The first-order valence-electron chi connectivity index (χ1n) is 10.5. The van der Waals surface area contributed by atoms with Crippen LogP contribution >= 0.6 is 0 Å². The molecule has 1 amide bonds. The molecule has 1 aromatic carbocycles. The number of rotatable bonds is 8. The molecular formula is C25H24N2O5. The third-order valence-corrected chi connectivity index (χ3v) is 5.23. The molecule has 0 saturated heterocycles. The molecule has 2 aromatic heterocycles. The molecule has 164 valence electrons. The highest BCUT2D eigenvalue weighted by Gasteiger charge is 2.44. The van der Waals surface area contributed by atoms with E-state index in [4.69, 9.17) is 9.15 Å². The summed E-state index contributed by atoms with van der Waals surface area (Å²) in [4.78, 5) is 32.0. The third-order valence-electron chi connectivity index (χ3n) is 5.23. The van der Waals surface area contributed by atoms with Crippen molar-refractivity contribution in [1.29, 1.82) is 0 Å². The first kappa shape index (κ1) is 21.4. The van der Waals surface area contributed by atoms with Crippen molar-refractivity contribution in [2.24, 2.45) is 0 Å². The molecule has 0 fully saturated rings. The molecule has 0 spiro atoms. The first-order valence-corrected chi connectivity index (χ1v) is 10.5. The van der Waals surface area contributed by atoms with E-state index >= 15 is 0 Å². The van der Waals surface area contributed by atoms with Crippen LogP contribution in [0.4, 0.5) is 0 Å². The number of furan rings is 1. The van der Waals surface area contributed by atoms with Crippen molar-refractivity contribution in [2.45, 2.75) is 32.9 Å². The summed E-state index contributed by atoms with van der Waals surface area (Å²) in [5.41, 5.74) is 1.42. The summed E-state index contributed by atoms with van der Waals surface area (Å²) in [7, 11) is 0. The summed E-state index contributed by atoms with van der Waals surface area (Å²) >= 11 is 0. The Morgan fingerprint density at radius 1 is 1.22 bits per heavy atom. The smallest absolute Gasteiger partial charge is 0.290 e. The number of ether oxygens (including phenoxy) is 1. The Balaban J connectivity index is 1.78. The van der Waals surface area contributed by atoms with E-state index < -0.39 is 23.5 Å². The molecule has 7 heteroatoms. The summed E-state index contributed by atoms with van der Waals surface area (Å²) in [6.07, 6.45) is 4.14. The van der Waals surface area contributed by atoms with Gasteiger partial charge in [-0.15, -0.1) is 0 Å². The quantitative estimate of drug-likeness (QED) is 0.525. The third kappa shape index (κ3) is 4.14. The second kappa shape index (κ2) is 9.09. The van der Waals surface area contributed by atoms with Gasteiger partial charge in [0.1, 0.15) is 11.5 Å². The molecule has 7 nitrogen and oxygen atoms in total. The topological polar surface area (TPSA) is 92.9 Å². The first-order chi connectivity index (χ1) is 15.5. The number of aliphatic hydroxyl groups excluding tert-OH is 1. The average molecular weight is 432 g/mol. The number of hydrogen-bond acceptors (Lipinski definition) is 6. The normalized spacial score (nSPS) is 16.0. The highest BCUT2D eigenvalue weighted by Crippen LogP contribution is 2.40. The highest BCUT2D eigenvalue weighted by molar-refractivity contribution is 6.15. The highest BCUT2D eigenvalue weighted by atomic mass is 16.5. The fourth-order valence-electron chi connectivity index (χ4n) is 3.77. The van der Waals surface area contributed by atoms with E-state index in [0.29, 0.717) is 23.7 Å². The van der Waals surface area contributed by atoms with Crippen LogP contribution in [0.3, 0.4) is 0 Å². The van der Waals surface area contributed by atoms with Crippen LogP contribution in [0.25, 0.3) is 0 Å². The molecule has 0 unspecified atom stereocenters. The second-order valence-corrected chi connectivity index (χ2v) is 7.62. The molecule has 1 aliphatic rings. The zero-order chi connectivity index (χ0) is 22.7. The van der Waals surface area contributed by atoms with Gasteiger partial charge in [0.25, 0.3) is 5.91 Å². The number of aromatic nitrogens is 1. The minimum Gasteiger partial charge on any atom is -0.503 e. The van der Waals surface area contributed by atoms with Gasteiger partial charge in [-0.05, 0) is 54.8 Å². The number of nitrogens with zero attached hydrogens (tertiary/aromatic N) is 2. The van der Waals surface area contributed by atoms with Gasteiger partial charge in [0.2, 0.25) is 5.78 Å². The summed E-state index contributed by atoms with van der Waals surface area (Å²) in [5, 5.41) is 10.8. The van der Waals surface area contributed by atoms with E-state index in [1.165, 1.54) is 4.90 Å². The van der Waals surface area contributed by atoms with Crippen LogP contribution in [0.5, 0.6) is 5.75 Å². The lowest BCUT2D eigenvalue weighted by molar-refractivity contribution is -0.130. The Labute approximate surface area is 186 Å². The molecule has 3 aromatic rings. The number of amides is 1. The number of benzene rings is 1. The van der Waals surface area contributed by atoms with Crippen molar-refractivity contribution in [3.63, 3.8) is 0 Å². The predicted octanol–water partition coefficient (Wildman–Crippen LogP) is 4.55. The maximum absolute atomic E-state index is 13.3. The van der Waals surface area contributed by atoms with Crippen molar-refractivity contribution < 1.29 is 23.8 Å². The zero-order valence-electron chi connectivity index (χ0n) is 17.9. The summed E-state index contributed by atoms with van der Waals surface area (Å²) in [5.74, 6) is -0.448. The number of aliphatic hydroxyl groups is 1. The van der Waals surface area contributed by atoms with Crippen molar-refractivity contribution in [1.82, 2.24) is 9.88 Å².